The number of hydrogen-bond donors (Lipinski definition) is 1. The quantitative estimate of drug-likeness (QED) is 0.547. The summed E-state index contributed by atoms with van der Waals surface area (Å²) in [4.78, 5) is 16.8. The number of hydrogen-bond acceptors (Lipinski definition) is 5. The SMILES string of the molecule is COc1ccc2nc(-c3cccc(NC(=O)c4ccc(Br)o4)c3)cn2n1. The molecule has 0 fully saturated rings. The van der Waals surface area contributed by atoms with Crippen molar-refractivity contribution in [2.75, 3.05) is 12.4 Å². The highest BCUT2D eigenvalue weighted by Crippen LogP contribution is 2.23. The Bertz CT molecular complexity index is 1100. The van der Waals surface area contributed by atoms with Crippen molar-refractivity contribution < 1.29 is 13.9 Å². The van der Waals surface area contributed by atoms with Crippen LogP contribution in [-0.4, -0.2) is 27.6 Å². The molecule has 1 amide bonds. The summed E-state index contributed by atoms with van der Waals surface area (Å²) < 4.78 is 12.5. The molecule has 8 heteroatoms. The molecule has 7 nitrogen and oxygen atoms in total. The van der Waals surface area contributed by atoms with E-state index in [2.05, 4.69) is 31.3 Å². The molecule has 0 spiro atoms. The van der Waals surface area contributed by atoms with Gasteiger partial charge in [0.25, 0.3) is 5.91 Å². The van der Waals surface area contributed by atoms with E-state index in [1.165, 1.54) is 0 Å². The van der Waals surface area contributed by atoms with Crippen LogP contribution in [0.15, 0.2) is 63.8 Å². The van der Waals surface area contributed by atoms with Crippen molar-refractivity contribution in [3.05, 3.63) is 65.2 Å². The largest absolute Gasteiger partial charge is 0.480 e. The van der Waals surface area contributed by atoms with E-state index in [0.29, 0.717) is 21.9 Å². The molecule has 4 rings (SSSR count). The van der Waals surface area contributed by atoms with E-state index in [4.69, 9.17) is 9.15 Å². The third-order valence-corrected chi connectivity index (χ3v) is 4.14. The van der Waals surface area contributed by atoms with Gasteiger partial charge in [0.2, 0.25) is 5.88 Å². The number of benzene rings is 1. The molecule has 0 saturated heterocycles. The van der Waals surface area contributed by atoms with Crippen molar-refractivity contribution in [3.8, 4) is 17.1 Å². The Hall–Kier alpha value is -3.13. The van der Waals surface area contributed by atoms with Gasteiger partial charge in [-0.05, 0) is 46.3 Å². The van der Waals surface area contributed by atoms with E-state index in [9.17, 15) is 4.79 Å². The summed E-state index contributed by atoms with van der Waals surface area (Å²) in [5.41, 5.74) is 2.94. The number of ether oxygens (including phenoxy) is 1. The van der Waals surface area contributed by atoms with Crippen LogP contribution in [0.2, 0.25) is 0 Å². The maximum absolute atomic E-state index is 12.2. The summed E-state index contributed by atoms with van der Waals surface area (Å²) in [5.74, 6) is 0.410. The highest BCUT2D eigenvalue weighted by atomic mass is 79.9. The average Bonchev–Trinajstić information content (AvgIpc) is 3.27. The van der Waals surface area contributed by atoms with Crippen LogP contribution < -0.4 is 10.1 Å². The summed E-state index contributed by atoms with van der Waals surface area (Å²) in [5, 5.41) is 7.11. The lowest BCUT2D eigenvalue weighted by atomic mass is 10.1. The highest BCUT2D eigenvalue weighted by molar-refractivity contribution is 9.10. The lowest BCUT2D eigenvalue weighted by molar-refractivity contribution is 0.0995. The third kappa shape index (κ3) is 3.18. The van der Waals surface area contributed by atoms with E-state index in [-0.39, 0.29) is 11.7 Å². The molecular formula is C18H13BrN4O3. The van der Waals surface area contributed by atoms with Gasteiger partial charge >= 0.3 is 0 Å². The molecule has 3 heterocycles. The van der Waals surface area contributed by atoms with Crippen LogP contribution in [0.1, 0.15) is 10.6 Å². The molecule has 0 aliphatic heterocycles. The van der Waals surface area contributed by atoms with Crippen LogP contribution in [0.5, 0.6) is 5.88 Å². The van der Waals surface area contributed by atoms with E-state index >= 15 is 0 Å². The maximum atomic E-state index is 12.2. The van der Waals surface area contributed by atoms with Crippen LogP contribution in [0.4, 0.5) is 5.69 Å². The van der Waals surface area contributed by atoms with E-state index in [1.807, 2.05) is 30.5 Å². The molecule has 0 bridgehead atoms. The monoisotopic (exact) mass is 412 g/mol. The number of fused-ring (bicyclic) bond motifs is 1. The van der Waals surface area contributed by atoms with Gasteiger partial charge in [-0.25, -0.2) is 9.50 Å². The summed E-state index contributed by atoms with van der Waals surface area (Å²) in [6, 6.07) is 14.3. The first kappa shape index (κ1) is 16.3. The van der Waals surface area contributed by atoms with Crippen molar-refractivity contribution in [3.63, 3.8) is 0 Å². The maximum Gasteiger partial charge on any atom is 0.291 e. The number of carbonyl (C=O) groups is 1. The van der Waals surface area contributed by atoms with Crippen LogP contribution in [0.3, 0.4) is 0 Å². The lowest BCUT2D eigenvalue weighted by Crippen LogP contribution is -2.10. The number of nitrogens with zero attached hydrogens (tertiary/aromatic N) is 3. The molecule has 0 unspecified atom stereocenters. The van der Waals surface area contributed by atoms with Crippen molar-refractivity contribution >= 4 is 33.2 Å². The minimum Gasteiger partial charge on any atom is -0.480 e. The molecule has 3 aromatic heterocycles. The van der Waals surface area contributed by atoms with Gasteiger partial charge in [0.1, 0.15) is 0 Å². The molecule has 130 valence electrons. The average molecular weight is 413 g/mol. The number of halogens is 1. The number of amides is 1. The van der Waals surface area contributed by atoms with E-state index < -0.39 is 0 Å². The summed E-state index contributed by atoms with van der Waals surface area (Å²) >= 11 is 3.18. The molecular weight excluding hydrogens is 400 g/mol. The van der Waals surface area contributed by atoms with Crippen molar-refractivity contribution in [2.45, 2.75) is 0 Å². The Labute approximate surface area is 156 Å². The fourth-order valence-corrected chi connectivity index (χ4v) is 2.80. The van der Waals surface area contributed by atoms with Gasteiger partial charge < -0.3 is 14.5 Å². The molecule has 1 aromatic carbocycles. The highest BCUT2D eigenvalue weighted by Gasteiger charge is 2.12. The second-order valence-corrected chi connectivity index (χ2v) is 6.22. The summed E-state index contributed by atoms with van der Waals surface area (Å²) in [7, 11) is 1.57. The number of carbonyl (C=O) groups excluding carboxylic acids is 1. The van der Waals surface area contributed by atoms with Gasteiger partial charge in [-0.15, -0.1) is 5.10 Å². The number of aromatic nitrogens is 3. The lowest BCUT2D eigenvalue weighted by Gasteiger charge is -2.04. The molecule has 0 radical (unpaired) electrons. The Morgan fingerprint density at radius 3 is 2.88 bits per heavy atom. The first-order valence-corrected chi connectivity index (χ1v) is 8.49. The standard InChI is InChI=1S/C18H13BrN4O3/c1-25-17-8-7-16-21-13(10-23(16)22-17)11-3-2-4-12(9-11)20-18(24)14-5-6-15(19)26-14/h2-10H,1H3,(H,20,24). The Morgan fingerprint density at radius 1 is 1.23 bits per heavy atom. The Morgan fingerprint density at radius 2 is 2.12 bits per heavy atom. The minimum atomic E-state index is -0.325. The number of methoxy groups -OCH3 is 1. The number of imidazole rings is 1. The van der Waals surface area contributed by atoms with Gasteiger partial charge in [0.15, 0.2) is 16.1 Å². The summed E-state index contributed by atoms with van der Waals surface area (Å²) in [6.07, 6.45) is 1.81. The first-order valence-electron chi connectivity index (χ1n) is 7.70. The molecule has 0 aliphatic carbocycles. The molecule has 4 aromatic rings. The minimum absolute atomic E-state index is 0.228. The smallest absolute Gasteiger partial charge is 0.291 e. The van der Waals surface area contributed by atoms with Gasteiger partial charge in [-0.3, -0.25) is 4.79 Å². The topological polar surface area (TPSA) is 81.7 Å². The van der Waals surface area contributed by atoms with Crippen molar-refractivity contribution in [1.82, 2.24) is 14.6 Å². The number of rotatable bonds is 4. The Kier molecular flexibility index (Phi) is 4.18. The number of anilines is 1. The predicted octanol–water partition coefficient (Wildman–Crippen LogP) is 4.01. The molecule has 26 heavy (non-hydrogen) atoms. The second-order valence-electron chi connectivity index (χ2n) is 5.44. The number of nitrogens with one attached hydrogen (secondary N) is 1. The van der Waals surface area contributed by atoms with Crippen LogP contribution in [0, 0.1) is 0 Å². The Balaban J connectivity index is 1.62. The van der Waals surface area contributed by atoms with Crippen LogP contribution >= 0.6 is 15.9 Å². The van der Waals surface area contributed by atoms with E-state index in [0.717, 1.165) is 11.3 Å². The molecule has 0 aliphatic rings. The third-order valence-electron chi connectivity index (χ3n) is 3.72. The van der Waals surface area contributed by atoms with Gasteiger partial charge in [-0.2, -0.15) is 0 Å². The summed E-state index contributed by atoms with van der Waals surface area (Å²) in [6.45, 7) is 0. The molecule has 0 atom stereocenters. The normalized spacial score (nSPS) is 10.8. The zero-order valence-electron chi connectivity index (χ0n) is 13.6. The molecule has 0 saturated carbocycles. The van der Waals surface area contributed by atoms with Gasteiger partial charge in [0, 0.05) is 17.3 Å². The first-order chi connectivity index (χ1) is 12.6. The zero-order valence-corrected chi connectivity index (χ0v) is 15.2. The van der Waals surface area contributed by atoms with Gasteiger partial charge in [0.05, 0.1) is 19.0 Å². The van der Waals surface area contributed by atoms with E-state index in [1.54, 1.807) is 35.9 Å². The van der Waals surface area contributed by atoms with Crippen LogP contribution in [-0.2, 0) is 0 Å². The fourth-order valence-electron chi connectivity index (χ4n) is 2.50. The fraction of sp³-hybridized carbons (Fsp3) is 0.0556. The second kappa shape index (κ2) is 6.64. The molecule has 1 N–H and O–H groups in total. The van der Waals surface area contributed by atoms with Gasteiger partial charge in [-0.1, -0.05) is 12.1 Å². The van der Waals surface area contributed by atoms with Crippen molar-refractivity contribution in [2.24, 2.45) is 0 Å². The van der Waals surface area contributed by atoms with Crippen LogP contribution in [0.25, 0.3) is 16.9 Å². The van der Waals surface area contributed by atoms with Crippen molar-refractivity contribution in [1.29, 1.82) is 0 Å². The number of furan rings is 1. The predicted molar refractivity (Wildman–Crippen MR) is 99.3 cm³/mol. The zero-order chi connectivity index (χ0) is 18.1.